The molecule has 3 atom stereocenters. The molecule has 0 aliphatic rings. The molecule has 0 bridgehead atoms. The van der Waals surface area contributed by atoms with Crippen LogP contribution in [0.1, 0.15) is 23.1 Å². The van der Waals surface area contributed by atoms with Crippen LogP contribution in [0.4, 0.5) is 0 Å². The van der Waals surface area contributed by atoms with E-state index in [2.05, 4.69) is 0 Å². The van der Waals surface area contributed by atoms with Gasteiger partial charge in [0.05, 0.1) is 32.5 Å². The van der Waals surface area contributed by atoms with Gasteiger partial charge in [0.25, 0.3) is 0 Å². The van der Waals surface area contributed by atoms with Crippen molar-refractivity contribution in [3.63, 3.8) is 0 Å². The lowest BCUT2D eigenvalue weighted by Crippen LogP contribution is -2.44. The molecule has 3 aromatic rings. The molecular weight excluding hydrogens is 402 g/mol. The Bertz CT molecular complexity index is 861. The van der Waals surface area contributed by atoms with Crippen LogP contribution in [0.2, 0.25) is 0 Å². The molecule has 170 valence electrons. The zero-order chi connectivity index (χ0) is 22.4. The lowest BCUT2D eigenvalue weighted by atomic mass is 10.0. The number of benzene rings is 3. The first-order valence-corrected chi connectivity index (χ1v) is 11.1. The van der Waals surface area contributed by atoms with Crippen LogP contribution in [-0.2, 0) is 34.0 Å². The van der Waals surface area contributed by atoms with E-state index in [4.69, 9.17) is 19.9 Å². The number of nitrogens with two attached hydrogens (primary N) is 1. The van der Waals surface area contributed by atoms with E-state index in [9.17, 15) is 5.11 Å². The molecule has 5 nitrogen and oxygen atoms in total. The molecule has 0 aliphatic carbocycles. The van der Waals surface area contributed by atoms with Gasteiger partial charge in [-0.2, -0.15) is 0 Å². The summed E-state index contributed by atoms with van der Waals surface area (Å²) in [6.07, 6.45) is -1.21. The molecule has 5 heteroatoms. The molecule has 0 saturated carbocycles. The highest BCUT2D eigenvalue weighted by molar-refractivity contribution is 5.15. The molecule has 0 aliphatic heterocycles. The molecule has 0 fully saturated rings. The summed E-state index contributed by atoms with van der Waals surface area (Å²) < 4.78 is 18.2. The van der Waals surface area contributed by atoms with E-state index in [1.165, 1.54) is 0 Å². The van der Waals surface area contributed by atoms with E-state index >= 15 is 0 Å². The quantitative estimate of drug-likeness (QED) is 0.399. The van der Waals surface area contributed by atoms with Crippen molar-refractivity contribution >= 4 is 0 Å². The fourth-order valence-corrected chi connectivity index (χ4v) is 3.48. The van der Waals surface area contributed by atoms with Crippen LogP contribution in [0.25, 0.3) is 0 Å². The Morgan fingerprint density at radius 1 is 0.656 bits per heavy atom. The summed E-state index contributed by atoms with van der Waals surface area (Å²) in [7, 11) is 0. The minimum Gasteiger partial charge on any atom is -0.388 e. The molecule has 32 heavy (non-hydrogen) atoms. The maximum Gasteiger partial charge on any atom is 0.112 e. The predicted molar refractivity (Wildman–Crippen MR) is 126 cm³/mol. The molecule has 3 rings (SSSR count). The Morgan fingerprint density at radius 2 is 1.12 bits per heavy atom. The molecule has 0 heterocycles. The summed E-state index contributed by atoms with van der Waals surface area (Å²) in [4.78, 5) is 0. The lowest BCUT2D eigenvalue weighted by Gasteiger charge is -2.31. The van der Waals surface area contributed by atoms with E-state index in [1.807, 2.05) is 91.0 Å². The maximum atomic E-state index is 11.0. The summed E-state index contributed by atoms with van der Waals surface area (Å²) in [6, 6.07) is 29.7. The second-order valence-corrected chi connectivity index (χ2v) is 7.74. The Balaban J connectivity index is 1.64. The van der Waals surface area contributed by atoms with Crippen molar-refractivity contribution in [2.24, 2.45) is 5.73 Å². The third kappa shape index (κ3) is 8.19. The van der Waals surface area contributed by atoms with Gasteiger partial charge in [0.1, 0.15) is 12.2 Å². The SMILES string of the molecule is NCC[C@@H](OCc1ccccc1)[C@H](OCc1ccccc1)[C@H](O)COCc1ccccc1. The molecule has 0 unspecified atom stereocenters. The molecule has 3 aromatic carbocycles. The van der Waals surface area contributed by atoms with E-state index in [0.29, 0.717) is 32.8 Å². The summed E-state index contributed by atoms with van der Waals surface area (Å²) in [5.74, 6) is 0. The average molecular weight is 436 g/mol. The monoisotopic (exact) mass is 435 g/mol. The van der Waals surface area contributed by atoms with Gasteiger partial charge in [-0.15, -0.1) is 0 Å². The van der Waals surface area contributed by atoms with Crippen molar-refractivity contribution < 1.29 is 19.3 Å². The van der Waals surface area contributed by atoms with Crippen LogP contribution in [0.5, 0.6) is 0 Å². The zero-order valence-electron chi connectivity index (χ0n) is 18.4. The van der Waals surface area contributed by atoms with Crippen LogP contribution in [-0.4, -0.2) is 36.6 Å². The minimum absolute atomic E-state index is 0.143. The lowest BCUT2D eigenvalue weighted by molar-refractivity contribution is -0.148. The zero-order valence-corrected chi connectivity index (χ0v) is 18.4. The number of aliphatic hydroxyl groups excluding tert-OH is 1. The van der Waals surface area contributed by atoms with E-state index in [-0.39, 0.29) is 12.7 Å². The summed E-state index contributed by atoms with van der Waals surface area (Å²) in [5.41, 5.74) is 9.02. The Morgan fingerprint density at radius 3 is 1.62 bits per heavy atom. The first kappa shape index (κ1) is 24.1. The first-order chi connectivity index (χ1) is 15.8. The van der Waals surface area contributed by atoms with Crippen molar-refractivity contribution in [3.05, 3.63) is 108 Å². The van der Waals surface area contributed by atoms with Crippen LogP contribution in [0.15, 0.2) is 91.0 Å². The number of rotatable bonds is 14. The van der Waals surface area contributed by atoms with Gasteiger partial charge < -0.3 is 25.1 Å². The average Bonchev–Trinajstić information content (AvgIpc) is 2.84. The second-order valence-electron chi connectivity index (χ2n) is 7.74. The number of aliphatic hydroxyl groups is 1. The largest absolute Gasteiger partial charge is 0.388 e. The Labute approximate surface area is 190 Å². The normalized spacial score (nSPS) is 14.1. The van der Waals surface area contributed by atoms with Crippen molar-refractivity contribution in [2.45, 2.75) is 44.6 Å². The van der Waals surface area contributed by atoms with Gasteiger partial charge in [-0.1, -0.05) is 91.0 Å². The van der Waals surface area contributed by atoms with Crippen molar-refractivity contribution in [1.82, 2.24) is 0 Å². The highest BCUT2D eigenvalue weighted by atomic mass is 16.6. The van der Waals surface area contributed by atoms with Crippen LogP contribution in [0.3, 0.4) is 0 Å². The molecule has 0 radical (unpaired) electrons. The molecular formula is C27H33NO4. The molecule has 0 saturated heterocycles. The van der Waals surface area contributed by atoms with E-state index in [1.54, 1.807) is 0 Å². The molecule has 0 aromatic heterocycles. The third-order valence-electron chi connectivity index (χ3n) is 5.19. The van der Waals surface area contributed by atoms with E-state index < -0.39 is 12.2 Å². The van der Waals surface area contributed by atoms with Gasteiger partial charge in [0, 0.05) is 0 Å². The summed E-state index contributed by atoms with van der Waals surface area (Å²) >= 11 is 0. The highest BCUT2D eigenvalue weighted by Gasteiger charge is 2.30. The third-order valence-corrected chi connectivity index (χ3v) is 5.19. The fraction of sp³-hybridized carbons (Fsp3) is 0.333. The van der Waals surface area contributed by atoms with Crippen LogP contribution in [0, 0.1) is 0 Å². The number of ether oxygens (including phenoxy) is 3. The first-order valence-electron chi connectivity index (χ1n) is 11.1. The van der Waals surface area contributed by atoms with Gasteiger partial charge in [-0.25, -0.2) is 0 Å². The summed E-state index contributed by atoms with van der Waals surface area (Å²) in [6.45, 7) is 1.80. The highest BCUT2D eigenvalue weighted by Crippen LogP contribution is 2.18. The standard InChI is InChI=1S/C27H33NO4/c28-17-16-26(31-19-23-12-6-2-7-13-23)27(32-20-24-14-8-3-9-15-24)25(29)21-30-18-22-10-4-1-5-11-22/h1-15,25-27,29H,16-21,28H2/t25-,26-,27-/m1/s1. The van der Waals surface area contributed by atoms with Crippen molar-refractivity contribution in [1.29, 1.82) is 0 Å². The van der Waals surface area contributed by atoms with Crippen LogP contribution >= 0.6 is 0 Å². The van der Waals surface area contributed by atoms with Gasteiger partial charge in [-0.05, 0) is 29.7 Å². The Hall–Kier alpha value is -2.54. The van der Waals surface area contributed by atoms with Crippen LogP contribution < -0.4 is 5.73 Å². The van der Waals surface area contributed by atoms with Gasteiger partial charge in [0.15, 0.2) is 0 Å². The predicted octanol–water partition coefficient (Wildman–Crippen LogP) is 4.08. The topological polar surface area (TPSA) is 73.9 Å². The molecule has 0 amide bonds. The van der Waals surface area contributed by atoms with Gasteiger partial charge >= 0.3 is 0 Å². The number of hydrogen-bond acceptors (Lipinski definition) is 5. The van der Waals surface area contributed by atoms with E-state index in [0.717, 1.165) is 16.7 Å². The molecule has 0 spiro atoms. The second kappa shape index (κ2) is 13.8. The van der Waals surface area contributed by atoms with Gasteiger partial charge in [-0.3, -0.25) is 0 Å². The van der Waals surface area contributed by atoms with Crippen molar-refractivity contribution in [2.75, 3.05) is 13.2 Å². The smallest absolute Gasteiger partial charge is 0.112 e. The maximum absolute atomic E-state index is 11.0. The van der Waals surface area contributed by atoms with Crippen molar-refractivity contribution in [3.8, 4) is 0 Å². The molecule has 3 N–H and O–H groups in total. The Kier molecular flexibility index (Phi) is 10.4. The number of hydrogen-bond donors (Lipinski definition) is 2. The summed E-state index contributed by atoms with van der Waals surface area (Å²) in [5, 5.41) is 11.0. The van der Waals surface area contributed by atoms with Gasteiger partial charge in [0.2, 0.25) is 0 Å². The minimum atomic E-state index is -0.852. The fourth-order valence-electron chi connectivity index (χ4n) is 3.48.